The Morgan fingerprint density at radius 3 is 2.48 bits per heavy atom. The zero-order chi connectivity index (χ0) is 23.1. The number of carboxylic acid groups (broad SMARTS) is 1. The van der Waals surface area contributed by atoms with E-state index in [2.05, 4.69) is 5.10 Å². The number of methoxy groups -OCH3 is 1. The van der Waals surface area contributed by atoms with Gasteiger partial charge in [0.25, 0.3) is 11.8 Å². The Morgan fingerprint density at radius 2 is 1.82 bits per heavy atom. The number of imide groups is 1. The van der Waals surface area contributed by atoms with Crippen LogP contribution in [0.15, 0.2) is 59.7 Å². The van der Waals surface area contributed by atoms with Crippen molar-refractivity contribution in [2.24, 2.45) is 28.8 Å². The van der Waals surface area contributed by atoms with Crippen molar-refractivity contribution in [3.05, 3.63) is 71.3 Å². The molecule has 2 aromatic rings. The van der Waals surface area contributed by atoms with Gasteiger partial charge in [-0.2, -0.15) is 10.1 Å². The van der Waals surface area contributed by atoms with E-state index >= 15 is 0 Å². The van der Waals surface area contributed by atoms with Crippen LogP contribution in [0.1, 0.15) is 27.9 Å². The number of rotatable bonds is 7. The normalized spacial score (nSPS) is 25.2. The number of benzene rings is 2. The molecule has 1 saturated carbocycles. The van der Waals surface area contributed by atoms with Crippen LogP contribution in [-0.2, 0) is 16.2 Å². The summed E-state index contributed by atoms with van der Waals surface area (Å²) in [4.78, 5) is 37.0. The average Bonchev–Trinajstić information content (AvgIpc) is 3.50. The highest BCUT2D eigenvalue weighted by atomic mass is 16.5. The standard InChI is InChI=1S/C25H22N2O6/c1-32-19-7-3-6-18(22(19)33-13-14-4-2-5-17(10-14)25(30)31)12-26-27-23(28)20-15-8-9-16(11-15)21(20)24(27)29/h2-10,12,15-16,20-21H,11,13H2,1H3,(H,30,31). The summed E-state index contributed by atoms with van der Waals surface area (Å²) >= 11 is 0. The summed E-state index contributed by atoms with van der Waals surface area (Å²) < 4.78 is 11.4. The predicted molar refractivity (Wildman–Crippen MR) is 118 cm³/mol. The molecule has 5 rings (SSSR count). The summed E-state index contributed by atoms with van der Waals surface area (Å²) in [6.07, 6.45) is 6.37. The molecular formula is C25H22N2O6. The van der Waals surface area contributed by atoms with E-state index in [1.54, 1.807) is 30.3 Å². The van der Waals surface area contributed by atoms with Gasteiger partial charge in [-0.25, -0.2) is 4.79 Å². The van der Waals surface area contributed by atoms with Gasteiger partial charge in [0.2, 0.25) is 0 Å². The van der Waals surface area contributed by atoms with Gasteiger partial charge in [0.05, 0.1) is 30.7 Å². The number of carbonyl (C=O) groups excluding carboxylic acids is 2. The van der Waals surface area contributed by atoms with Crippen molar-refractivity contribution in [3.63, 3.8) is 0 Å². The molecule has 2 fully saturated rings. The van der Waals surface area contributed by atoms with Crippen molar-refractivity contribution in [1.82, 2.24) is 5.01 Å². The van der Waals surface area contributed by atoms with Gasteiger partial charge in [-0.3, -0.25) is 9.59 Å². The van der Waals surface area contributed by atoms with Crippen molar-refractivity contribution < 1.29 is 29.0 Å². The van der Waals surface area contributed by atoms with Gasteiger partial charge in [0, 0.05) is 5.56 Å². The maximum Gasteiger partial charge on any atom is 0.335 e. The summed E-state index contributed by atoms with van der Waals surface area (Å²) in [6.45, 7) is 0.100. The van der Waals surface area contributed by atoms with Crippen molar-refractivity contribution in [3.8, 4) is 11.5 Å². The SMILES string of the molecule is COc1cccc(C=NN2C(=O)C3C4C=CC(C4)C3C2=O)c1OCc1cccc(C(=O)O)c1. The number of allylic oxidation sites excluding steroid dienone is 2. The van der Waals surface area contributed by atoms with Gasteiger partial charge in [-0.15, -0.1) is 0 Å². The quantitative estimate of drug-likeness (QED) is 0.398. The molecule has 8 nitrogen and oxygen atoms in total. The van der Waals surface area contributed by atoms with Gasteiger partial charge >= 0.3 is 5.97 Å². The van der Waals surface area contributed by atoms with Crippen LogP contribution in [0.25, 0.3) is 0 Å². The zero-order valence-electron chi connectivity index (χ0n) is 17.9. The fourth-order valence-electron chi connectivity index (χ4n) is 5.02. The number of carbonyl (C=O) groups is 3. The van der Waals surface area contributed by atoms with E-state index in [-0.39, 0.29) is 47.7 Å². The van der Waals surface area contributed by atoms with Crippen LogP contribution in [0.2, 0.25) is 0 Å². The van der Waals surface area contributed by atoms with Gasteiger partial charge in [-0.05, 0) is 48.1 Å². The number of para-hydroxylation sites is 1. The van der Waals surface area contributed by atoms with Crippen LogP contribution >= 0.6 is 0 Å². The Bertz CT molecular complexity index is 1170. The molecule has 2 aliphatic carbocycles. The van der Waals surface area contributed by atoms with E-state index in [9.17, 15) is 19.5 Å². The van der Waals surface area contributed by atoms with Crippen LogP contribution in [0.3, 0.4) is 0 Å². The first-order valence-electron chi connectivity index (χ1n) is 10.7. The molecule has 33 heavy (non-hydrogen) atoms. The molecule has 0 spiro atoms. The minimum atomic E-state index is -1.02. The molecule has 4 atom stereocenters. The summed E-state index contributed by atoms with van der Waals surface area (Å²) in [5.41, 5.74) is 1.37. The number of amides is 2. The van der Waals surface area contributed by atoms with Gasteiger partial charge < -0.3 is 14.6 Å². The molecule has 3 aliphatic rings. The molecular weight excluding hydrogens is 424 g/mol. The highest BCUT2D eigenvalue weighted by Crippen LogP contribution is 2.52. The number of nitrogens with zero attached hydrogens (tertiary/aromatic N) is 2. The highest BCUT2D eigenvalue weighted by molar-refractivity contribution is 6.07. The van der Waals surface area contributed by atoms with Crippen molar-refractivity contribution >= 4 is 24.0 Å². The molecule has 1 N–H and O–H groups in total. The molecule has 2 amide bonds. The fourth-order valence-corrected chi connectivity index (χ4v) is 5.02. The van der Waals surface area contributed by atoms with Crippen LogP contribution in [0, 0.1) is 23.7 Å². The lowest BCUT2D eigenvalue weighted by molar-refractivity contribution is -0.140. The summed E-state index contributed by atoms with van der Waals surface area (Å²) in [7, 11) is 1.51. The molecule has 1 saturated heterocycles. The molecule has 0 radical (unpaired) electrons. The number of hydrogen-bond acceptors (Lipinski definition) is 6. The van der Waals surface area contributed by atoms with Crippen LogP contribution in [0.5, 0.6) is 11.5 Å². The second-order valence-electron chi connectivity index (χ2n) is 8.41. The second-order valence-corrected chi connectivity index (χ2v) is 8.41. The molecule has 2 bridgehead atoms. The molecule has 0 aromatic heterocycles. The van der Waals surface area contributed by atoms with E-state index in [0.717, 1.165) is 11.4 Å². The number of hydrogen-bond donors (Lipinski definition) is 1. The lowest BCUT2D eigenvalue weighted by Gasteiger charge is -2.14. The van der Waals surface area contributed by atoms with Crippen molar-refractivity contribution in [2.75, 3.05) is 7.11 Å². The topological polar surface area (TPSA) is 106 Å². The van der Waals surface area contributed by atoms with Gasteiger partial charge in [-0.1, -0.05) is 30.4 Å². The van der Waals surface area contributed by atoms with E-state index in [4.69, 9.17) is 9.47 Å². The minimum Gasteiger partial charge on any atom is -0.493 e. The monoisotopic (exact) mass is 446 g/mol. The van der Waals surface area contributed by atoms with Crippen molar-refractivity contribution in [2.45, 2.75) is 13.0 Å². The molecule has 8 heteroatoms. The smallest absolute Gasteiger partial charge is 0.335 e. The minimum absolute atomic E-state index is 0.100. The van der Waals surface area contributed by atoms with Crippen LogP contribution in [-0.4, -0.2) is 41.2 Å². The lowest BCUT2D eigenvalue weighted by atomic mass is 9.85. The molecule has 2 aromatic carbocycles. The number of ether oxygens (including phenoxy) is 2. The molecule has 1 aliphatic heterocycles. The Labute approximate surface area is 190 Å². The van der Waals surface area contributed by atoms with E-state index in [0.29, 0.717) is 22.6 Å². The highest BCUT2D eigenvalue weighted by Gasteiger charge is 2.59. The Balaban J connectivity index is 1.38. The first-order chi connectivity index (χ1) is 16.0. The first kappa shape index (κ1) is 20.9. The fraction of sp³-hybridized carbons (Fsp3) is 0.280. The third-order valence-electron chi connectivity index (χ3n) is 6.55. The van der Waals surface area contributed by atoms with Crippen molar-refractivity contribution in [1.29, 1.82) is 0 Å². The van der Waals surface area contributed by atoms with E-state index in [1.165, 1.54) is 25.5 Å². The number of fused-ring (bicyclic) bond motifs is 5. The Kier molecular flexibility index (Phi) is 5.20. The summed E-state index contributed by atoms with van der Waals surface area (Å²) in [5.74, 6) is -1.09. The number of aromatic carboxylic acids is 1. The number of hydrazone groups is 1. The second kappa shape index (κ2) is 8.20. The van der Waals surface area contributed by atoms with E-state index in [1.807, 2.05) is 12.2 Å². The molecule has 168 valence electrons. The van der Waals surface area contributed by atoms with E-state index < -0.39 is 5.97 Å². The zero-order valence-corrected chi connectivity index (χ0v) is 17.9. The average molecular weight is 446 g/mol. The Hall–Kier alpha value is -3.94. The molecule has 4 unspecified atom stereocenters. The Morgan fingerprint density at radius 1 is 1.12 bits per heavy atom. The largest absolute Gasteiger partial charge is 0.493 e. The molecule has 1 heterocycles. The van der Waals surface area contributed by atoms with Gasteiger partial charge in [0.15, 0.2) is 11.5 Å². The van der Waals surface area contributed by atoms with Crippen LogP contribution in [0.4, 0.5) is 0 Å². The lowest BCUT2D eigenvalue weighted by Crippen LogP contribution is -2.28. The predicted octanol–water partition coefficient (Wildman–Crippen LogP) is 3.11. The van der Waals surface area contributed by atoms with Gasteiger partial charge in [0.1, 0.15) is 6.61 Å². The van der Waals surface area contributed by atoms with Crippen LogP contribution < -0.4 is 9.47 Å². The number of carboxylic acids is 1. The summed E-state index contributed by atoms with van der Waals surface area (Å²) in [6, 6.07) is 11.7. The maximum atomic E-state index is 12.9. The summed E-state index contributed by atoms with van der Waals surface area (Å²) in [5, 5.41) is 14.4. The first-order valence-corrected chi connectivity index (χ1v) is 10.7. The maximum absolute atomic E-state index is 12.9. The third-order valence-corrected chi connectivity index (χ3v) is 6.55. The third kappa shape index (κ3) is 3.57.